The average molecular weight is 269 g/mol. The van der Waals surface area contributed by atoms with Crippen molar-refractivity contribution in [3.63, 3.8) is 0 Å². The molecule has 2 N–H and O–H groups in total. The molecule has 0 saturated heterocycles. The maximum atomic E-state index is 12.1. The lowest BCUT2D eigenvalue weighted by Crippen LogP contribution is -2.30. The fourth-order valence-electron chi connectivity index (χ4n) is 1.66. The Morgan fingerprint density at radius 2 is 1.94 bits per heavy atom. The van der Waals surface area contributed by atoms with E-state index in [0.717, 1.165) is 11.3 Å². The van der Waals surface area contributed by atoms with E-state index in [2.05, 4.69) is 10.6 Å². The molecular weight excluding hydrogens is 248 g/mol. The van der Waals surface area contributed by atoms with Crippen LogP contribution in [-0.2, 0) is 0 Å². The van der Waals surface area contributed by atoms with E-state index in [0.29, 0.717) is 17.1 Å². The maximum Gasteiger partial charge on any atom is 0.254 e. The maximum absolute atomic E-state index is 12.1. The Hall–Kier alpha value is -1.22. The first-order valence-electron chi connectivity index (χ1n) is 6.11. The van der Waals surface area contributed by atoms with Crippen molar-refractivity contribution in [3.05, 3.63) is 28.3 Å². The molecule has 4 heteroatoms. The highest BCUT2D eigenvalue weighted by Crippen LogP contribution is 2.29. The average Bonchev–Trinajstić information content (AvgIpc) is 2.22. The second kappa shape index (κ2) is 5.61. The number of hydrogen-bond acceptors (Lipinski definition) is 2. The minimum atomic E-state index is -0.141. The van der Waals surface area contributed by atoms with Crippen LogP contribution in [0.4, 0.5) is 5.69 Å². The van der Waals surface area contributed by atoms with Crippen LogP contribution in [0.5, 0.6) is 0 Å². The molecule has 1 rings (SSSR count). The van der Waals surface area contributed by atoms with Gasteiger partial charge < -0.3 is 10.6 Å². The second-order valence-corrected chi connectivity index (χ2v) is 5.73. The van der Waals surface area contributed by atoms with Gasteiger partial charge >= 0.3 is 0 Å². The predicted molar refractivity (Wildman–Crippen MR) is 77.6 cm³/mol. The number of carbonyl (C=O) groups excluding carboxylic acids is 1. The number of aryl methyl sites for hydroxylation is 1. The molecule has 0 heterocycles. The van der Waals surface area contributed by atoms with E-state index in [9.17, 15) is 4.79 Å². The molecule has 0 fully saturated rings. The first kappa shape index (κ1) is 14.8. The Balaban J connectivity index is 3.25. The van der Waals surface area contributed by atoms with Gasteiger partial charge in [-0.2, -0.15) is 0 Å². The topological polar surface area (TPSA) is 41.1 Å². The molecule has 1 amide bonds. The van der Waals surface area contributed by atoms with Crippen LogP contribution in [0.15, 0.2) is 12.1 Å². The zero-order valence-electron chi connectivity index (χ0n) is 11.6. The van der Waals surface area contributed by atoms with Crippen molar-refractivity contribution >= 4 is 23.2 Å². The third-order valence-corrected chi connectivity index (χ3v) is 2.90. The quantitative estimate of drug-likeness (QED) is 0.879. The summed E-state index contributed by atoms with van der Waals surface area (Å²) in [6, 6.07) is 3.82. The van der Waals surface area contributed by atoms with Crippen LogP contribution in [0.3, 0.4) is 0 Å². The summed E-state index contributed by atoms with van der Waals surface area (Å²) in [5.41, 5.74) is 2.06. The molecule has 0 aliphatic carbocycles. The van der Waals surface area contributed by atoms with Crippen molar-refractivity contribution in [2.24, 2.45) is 0 Å². The summed E-state index contributed by atoms with van der Waals surface area (Å²) in [4.78, 5) is 12.1. The van der Waals surface area contributed by atoms with E-state index < -0.39 is 0 Å². The fraction of sp³-hybridized carbons (Fsp3) is 0.500. The lowest BCUT2D eigenvalue weighted by atomic mass is 10.0. The fourth-order valence-corrected chi connectivity index (χ4v) is 1.91. The van der Waals surface area contributed by atoms with E-state index in [1.54, 1.807) is 0 Å². The molecule has 100 valence electrons. The van der Waals surface area contributed by atoms with Crippen molar-refractivity contribution in [1.82, 2.24) is 5.32 Å². The summed E-state index contributed by atoms with van der Waals surface area (Å²) >= 11 is 6.26. The van der Waals surface area contributed by atoms with E-state index >= 15 is 0 Å². The molecule has 1 aromatic carbocycles. The molecule has 0 aliphatic heterocycles. The zero-order valence-corrected chi connectivity index (χ0v) is 12.4. The van der Waals surface area contributed by atoms with Crippen LogP contribution < -0.4 is 10.6 Å². The van der Waals surface area contributed by atoms with E-state index in [-0.39, 0.29) is 11.4 Å². The van der Waals surface area contributed by atoms with Crippen molar-refractivity contribution in [2.45, 2.75) is 40.2 Å². The number of hydrogen-bond donors (Lipinski definition) is 2. The van der Waals surface area contributed by atoms with Crippen molar-refractivity contribution < 1.29 is 4.79 Å². The Kier molecular flexibility index (Phi) is 4.63. The first-order chi connectivity index (χ1) is 8.26. The van der Waals surface area contributed by atoms with Crippen LogP contribution in [0.25, 0.3) is 0 Å². The smallest absolute Gasteiger partial charge is 0.254 e. The van der Waals surface area contributed by atoms with Crippen LogP contribution in [0.1, 0.15) is 43.6 Å². The number of nitrogens with one attached hydrogen (secondary N) is 2. The molecule has 0 saturated carbocycles. The van der Waals surface area contributed by atoms with Gasteiger partial charge in [0.15, 0.2) is 0 Å². The molecule has 0 unspecified atom stereocenters. The monoisotopic (exact) mass is 268 g/mol. The van der Waals surface area contributed by atoms with Gasteiger partial charge in [-0.15, -0.1) is 0 Å². The normalized spacial score (nSPS) is 11.2. The summed E-state index contributed by atoms with van der Waals surface area (Å²) in [7, 11) is 0. The van der Waals surface area contributed by atoms with Crippen LogP contribution in [0, 0.1) is 6.92 Å². The number of carbonyl (C=O) groups is 1. The number of halogens is 1. The SMILES string of the molecule is CCNC(=O)c1c(NC(C)(C)C)ccc(C)c1Cl. The molecule has 1 aromatic rings. The summed E-state index contributed by atoms with van der Waals surface area (Å²) in [6.45, 7) is 10.5. The van der Waals surface area contributed by atoms with Gasteiger partial charge in [0.05, 0.1) is 10.6 Å². The zero-order chi connectivity index (χ0) is 13.9. The largest absolute Gasteiger partial charge is 0.380 e. The van der Waals surface area contributed by atoms with E-state index in [1.807, 2.05) is 46.8 Å². The molecule has 0 aromatic heterocycles. The molecule has 0 radical (unpaired) electrons. The lowest BCUT2D eigenvalue weighted by Gasteiger charge is -2.24. The molecule has 0 bridgehead atoms. The van der Waals surface area contributed by atoms with E-state index in [4.69, 9.17) is 11.6 Å². The van der Waals surface area contributed by atoms with Gasteiger partial charge in [-0.25, -0.2) is 0 Å². The van der Waals surface area contributed by atoms with Crippen molar-refractivity contribution in [1.29, 1.82) is 0 Å². The van der Waals surface area contributed by atoms with Crippen molar-refractivity contribution in [2.75, 3.05) is 11.9 Å². The second-order valence-electron chi connectivity index (χ2n) is 5.35. The van der Waals surface area contributed by atoms with Gasteiger partial charge in [0.1, 0.15) is 0 Å². The van der Waals surface area contributed by atoms with Crippen LogP contribution in [-0.4, -0.2) is 18.0 Å². The molecule has 18 heavy (non-hydrogen) atoms. The molecule has 0 aliphatic rings. The minimum Gasteiger partial charge on any atom is -0.380 e. The number of anilines is 1. The highest BCUT2D eigenvalue weighted by molar-refractivity contribution is 6.35. The van der Waals surface area contributed by atoms with Gasteiger partial charge in [-0.1, -0.05) is 17.7 Å². The van der Waals surface area contributed by atoms with Crippen LogP contribution >= 0.6 is 11.6 Å². The summed E-state index contributed by atoms with van der Waals surface area (Å²) in [5.74, 6) is -0.141. The highest BCUT2D eigenvalue weighted by Gasteiger charge is 2.20. The first-order valence-corrected chi connectivity index (χ1v) is 6.49. The lowest BCUT2D eigenvalue weighted by molar-refractivity contribution is 0.0956. The predicted octanol–water partition coefficient (Wildman–Crippen LogP) is 3.61. The molecule has 0 atom stereocenters. The van der Waals surface area contributed by atoms with Gasteiger partial charge in [0, 0.05) is 17.8 Å². The third kappa shape index (κ3) is 3.64. The van der Waals surface area contributed by atoms with Gasteiger partial charge in [0.2, 0.25) is 0 Å². The van der Waals surface area contributed by atoms with Gasteiger partial charge in [0.25, 0.3) is 5.91 Å². The molecule has 0 spiro atoms. The number of amides is 1. The summed E-state index contributed by atoms with van der Waals surface area (Å²) in [6.07, 6.45) is 0. The number of rotatable bonds is 3. The highest BCUT2D eigenvalue weighted by atomic mass is 35.5. The van der Waals surface area contributed by atoms with Crippen LogP contribution in [0.2, 0.25) is 5.02 Å². The summed E-state index contributed by atoms with van der Waals surface area (Å²) in [5, 5.41) is 6.61. The van der Waals surface area contributed by atoms with Gasteiger partial charge in [-0.05, 0) is 46.2 Å². The third-order valence-electron chi connectivity index (χ3n) is 2.41. The number of benzene rings is 1. The summed E-state index contributed by atoms with van der Waals surface area (Å²) < 4.78 is 0. The Bertz CT molecular complexity index is 450. The standard InChI is InChI=1S/C14H21ClN2O/c1-6-16-13(18)11-10(17-14(3,4)5)8-7-9(2)12(11)15/h7-8,17H,6H2,1-5H3,(H,16,18). The van der Waals surface area contributed by atoms with E-state index in [1.165, 1.54) is 0 Å². The van der Waals surface area contributed by atoms with Gasteiger partial charge in [-0.3, -0.25) is 4.79 Å². The van der Waals surface area contributed by atoms with Crippen molar-refractivity contribution in [3.8, 4) is 0 Å². The Labute approximate surface area is 114 Å². The minimum absolute atomic E-state index is 0.125. The Morgan fingerprint density at radius 3 is 2.44 bits per heavy atom. The Morgan fingerprint density at radius 1 is 1.33 bits per heavy atom. The molecular formula is C14H21ClN2O. The molecule has 3 nitrogen and oxygen atoms in total.